The van der Waals surface area contributed by atoms with E-state index >= 15 is 0 Å². The zero-order valence-electron chi connectivity index (χ0n) is 13.9. The zero-order chi connectivity index (χ0) is 17.9. The molecule has 0 amide bonds. The Balaban J connectivity index is 2.24. The molecule has 0 aliphatic rings. The smallest absolute Gasteiger partial charge is 0.171 e. The number of halogens is 3. The summed E-state index contributed by atoms with van der Waals surface area (Å²) >= 11 is 0. The first-order valence-electron chi connectivity index (χ1n) is 8.17. The Labute approximate surface area is 148 Å². The van der Waals surface area contributed by atoms with E-state index in [1.54, 1.807) is 12.1 Å². The van der Waals surface area contributed by atoms with Gasteiger partial charge in [-0.3, -0.25) is 0 Å². The van der Waals surface area contributed by atoms with Crippen LogP contribution in [0.15, 0.2) is 84.9 Å². The number of hydrogen-bond donors (Lipinski definition) is 0. The molecule has 0 nitrogen and oxygen atoms in total. The van der Waals surface area contributed by atoms with E-state index < -0.39 is 17.6 Å². The second-order valence-corrected chi connectivity index (χ2v) is 7.81. The van der Waals surface area contributed by atoms with E-state index in [4.69, 9.17) is 0 Å². The number of hydrogen-bond acceptors (Lipinski definition) is 0. The molecule has 0 aliphatic heterocycles. The van der Waals surface area contributed by atoms with Gasteiger partial charge in [0, 0.05) is 15.3 Å². The van der Waals surface area contributed by atoms with Gasteiger partial charge in [0.2, 0.25) is 0 Å². The second-order valence-electron chi connectivity index (χ2n) is 6.31. The maximum atomic E-state index is 13.1. The van der Waals surface area contributed by atoms with Gasteiger partial charge in [-0.15, -0.1) is 0 Å². The van der Waals surface area contributed by atoms with Crippen molar-refractivity contribution < 1.29 is 13.2 Å². The normalized spacial score (nSPS) is 12.3. The molecule has 0 aliphatic carbocycles. The lowest BCUT2D eigenvalue weighted by atomic mass is 9.81. The van der Waals surface area contributed by atoms with E-state index in [0.717, 1.165) is 16.7 Å². The number of alkyl halides is 3. The lowest BCUT2D eigenvalue weighted by molar-refractivity contribution is -0.127. The van der Waals surface area contributed by atoms with E-state index in [-0.39, 0.29) is 0 Å². The maximum absolute atomic E-state index is 13.1. The van der Waals surface area contributed by atoms with Crippen molar-refractivity contribution in [3.8, 4) is 0 Å². The average Bonchev–Trinajstić information content (AvgIpc) is 2.62. The summed E-state index contributed by atoms with van der Waals surface area (Å²) in [6, 6.07) is 26.6. The fourth-order valence-electron chi connectivity index (χ4n) is 3.40. The van der Waals surface area contributed by atoms with Gasteiger partial charge >= 0.3 is 6.18 Å². The van der Waals surface area contributed by atoms with Crippen LogP contribution >= 0.6 is 0 Å². The third-order valence-electron chi connectivity index (χ3n) is 4.65. The summed E-state index contributed by atoms with van der Waals surface area (Å²) in [7, 11) is 0.654. The highest BCUT2D eigenvalue weighted by atomic mass is 28.1. The molecular formula is C21H19F3Si. The van der Waals surface area contributed by atoms with Crippen molar-refractivity contribution in [2.75, 3.05) is 0 Å². The first kappa shape index (κ1) is 17.5. The summed E-state index contributed by atoms with van der Waals surface area (Å²) < 4.78 is 39.4. The van der Waals surface area contributed by atoms with E-state index in [1.165, 1.54) is 0 Å². The molecular weight excluding hydrogens is 337 g/mol. The van der Waals surface area contributed by atoms with Crippen molar-refractivity contribution in [3.63, 3.8) is 0 Å². The third-order valence-corrected chi connectivity index (χ3v) is 6.34. The lowest BCUT2D eigenvalue weighted by Crippen LogP contribution is -2.32. The van der Waals surface area contributed by atoms with Crippen molar-refractivity contribution in [1.82, 2.24) is 0 Å². The van der Waals surface area contributed by atoms with Gasteiger partial charge < -0.3 is 0 Å². The minimum atomic E-state index is -4.23. The highest BCUT2D eigenvalue weighted by molar-refractivity contribution is 6.20. The molecule has 3 aromatic carbocycles. The highest BCUT2D eigenvalue weighted by Crippen LogP contribution is 2.39. The molecule has 0 radical (unpaired) electrons. The van der Waals surface area contributed by atoms with Gasteiger partial charge in [-0.05, 0) is 22.3 Å². The molecule has 0 heterocycles. The quantitative estimate of drug-likeness (QED) is 0.479. The summed E-state index contributed by atoms with van der Waals surface area (Å²) in [5, 5.41) is -0.523. The summed E-state index contributed by atoms with van der Waals surface area (Å²) in [5.41, 5.74) is 3.15. The molecule has 0 saturated carbocycles. The van der Waals surface area contributed by atoms with E-state index in [0.29, 0.717) is 15.8 Å². The fourth-order valence-corrected chi connectivity index (χ4v) is 4.55. The van der Waals surface area contributed by atoms with Gasteiger partial charge in [0.25, 0.3) is 0 Å². The molecule has 0 atom stereocenters. The first-order valence-corrected chi connectivity index (χ1v) is 9.17. The van der Waals surface area contributed by atoms with Crippen LogP contribution in [0.1, 0.15) is 22.3 Å². The van der Waals surface area contributed by atoms with Crippen molar-refractivity contribution in [3.05, 3.63) is 107 Å². The van der Waals surface area contributed by atoms with Crippen LogP contribution in [-0.2, 0) is 11.5 Å². The average molecular weight is 356 g/mol. The summed E-state index contributed by atoms with van der Waals surface area (Å²) in [5.74, 6) is 0. The molecule has 0 saturated heterocycles. The Morgan fingerprint density at radius 2 is 1.08 bits per heavy atom. The van der Waals surface area contributed by atoms with Crippen LogP contribution in [0.5, 0.6) is 0 Å². The largest absolute Gasteiger partial charge is 0.393 e. The lowest BCUT2D eigenvalue weighted by Gasteiger charge is -2.34. The molecule has 25 heavy (non-hydrogen) atoms. The second kappa shape index (κ2) is 6.88. The monoisotopic (exact) mass is 356 g/mol. The van der Waals surface area contributed by atoms with Gasteiger partial charge in [-0.25, -0.2) is 0 Å². The standard InChI is InChI=1S/C21H19F3Si/c22-20(23,24)15-16-9-7-8-14-19(16)21(25,17-10-3-1-4-11-17)18-12-5-2-6-13-18/h1-14H,15H2,25H3. The van der Waals surface area contributed by atoms with Crippen LogP contribution in [0.4, 0.5) is 13.2 Å². The highest BCUT2D eigenvalue weighted by Gasteiger charge is 2.36. The molecule has 3 rings (SSSR count). The third kappa shape index (κ3) is 3.69. The SMILES string of the molecule is FC(F)(F)Cc1ccccc1C([SiH3])(c1ccccc1)c1ccccc1. The molecule has 0 N–H and O–H groups in total. The maximum Gasteiger partial charge on any atom is 0.393 e. The minimum absolute atomic E-state index is 0.345. The molecule has 0 unspecified atom stereocenters. The van der Waals surface area contributed by atoms with Crippen molar-refractivity contribution >= 4 is 10.2 Å². The molecule has 0 aromatic heterocycles. The molecule has 0 spiro atoms. The van der Waals surface area contributed by atoms with Gasteiger partial charge in [-0.2, -0.15) is 13.2 Å². The van der Waals surface area contributed by atoms with Crippen LogP contribution in [0.3, 0.4) is 0 Å². The Morgan fingerprint density at radius 1 is 0.640 bits per heavy atom. The molecule has 4 heteroatoms. The Kier molecular flexibility index (Phi) is 4.82. The summed E-state index contributed by atoms with van der Waals surface area (Å²) in [6.07, 6.45) is -5.14. The summed E-state index contributed by atoms with van der Waals surface area (Å²) in [4.78, 5) is 0. The molecule has 0 fully saturated rings. The molecule has 0 bridgehead atoms. The number of benzene rings is 3. The van der Waals surface area contributed by atoms with Crippen molar-refractivity contribution in [2.45, 2.75) is 17.6 Å². The fraction of sp³-hybridized carbons (Fsp3) is 0.143. The van der Waals surface area contributed by atoms with E-state index in [2.05, 4.69) is 0 Å². The predicted molar refractivity (Wildman–Crippen MR) is 98.9 cm³/mol. The van der Waals surface area contributed by atoms with Gasteiger partial charge in [0.05, 0.1) is 6.42 Å². The Bertz CT molecular complexity index is 787. The summed E-state index contributed by atoms with van der Waals surface area (Å²) in [6.45, 7) is 0. The van der Waals surface area contributed by atoms with Gasteiger partial charge in [-0.1, -0.05) is 84.9 Å². The predicted octanol–water partition coefficient (Wildman–Crippen LogP) is 4.45. The van der Waals surface area contributed by atoms with Crippen molar-refractivity contribution in [1.29, 1.82) is 0 Å². The zero-order valence-corrected chi connectivity index (χ0v) is 15.9. The van der Waals surface area contributed by atoms with E-state index in [9.17, 15) is 13.2 Å². The van der Waals surface area contributed by atoms with Gasteiger partial charge in [0.1, 0.15) is 0 Å². The first-order chi connectivity index (χ1) is 11.9. The van der Waals surface area contributed by atoms with Crippen molar-refractivity contribution in [2.24, 2.45) is 0 Å². The molecule has 3 aromatic rings. The Hall–Kier alpha value is -2.33. The topological polar surface area (TPSA) is 0 Å². The molecule has 128 valence electrons. The van der Waals surface area contributed by atoms with Gasteiger partial charge in [0.15, 0.2) is 0 Å². The van der Waals surface area contributed by atoms with E-state index in [1.807, 2.05) is 72.8 Å². The van der Waals surface area contributed by atoms with Crippen LogP contribution in [0.25, 0.3) is 0 Å². The van der Waals surface area contributed by atoms with Crippen LogP contribution < -0.4 is 0 Å². The number of rotatable bonds is 4. The van der Waals surface area contributed by atoms with Crippen LogP contribution in [0, 0.1) is 0 Å². The Morgan fingerprint density at radius 3 is 1.56 bits per heavy atom. The van der Waals surface area contributed by atoms with Crippen LogP contribution in [-0.4, -0.2) is 16.4 Å². The van der Waals surface area contributed by atoms with Crippen LogP contribution in [0.2, 0.25) is 0 Å². The minimum Gasteiger partial charge on any atom is -0.171 e.